The van der Waals surface area contributed by atoms with E-state index >= 15 is 0 Å². The molecule has 0 spiro atoms. The van der Waals surface area contributed by atoms with Gasteiger partial charge >= 0.3 is 5.97 Å². The van der Waals surface area contributed by atoms with Crippen LogP contribution in [-0.2, 0) is 9.53 Å². The monoisotopic (exact) mass is 328 g/mol. The van der Waals surface area contributed by atoms with Crippen molar-refractivity contribution in [2.45, 2.75) is 39.2 Å². The molecule has 0 amide bonds. The minimum absolute atomic E-state index is 0.115. The zero-order chi connectivity index (χ0) is 17.3. The molecule has 1 aliphatic heterocycles. The standard InChI is InChI=1S/C20H24O4/c1-20(2)10-4-7-15(18(21)19(22)23-3)17(20)14-8-9-16-13(12-14)6-5-11-24-16/h5-6,8-9,12,18,21H,4,7,10-11H2,1-3H3. The van der Waals surface area contributed by atoms with Crippen molar-refractivity contribution in [3.05, 3.63) is 41.0 Å². The van der Waals surface area contributed by atoms with Crippen molar-refractivity contribution >= 4 is 17.6 Å². The van der Waals surface area contributed by atoms with Crippen molar-refractivity contribution in [2.24, 2.45) is 5.41 Å². The summed E-state index contributed by atoms with van der Waals surface area (Å²) in [6.45, 7) is 4.92. The molecule has 0 radical (unpaired) electrons. The highest BCUT2D eigenvalue weighted by Gasteiger charge is 2.35. The lowest BCUT2D eigenvalue weighted by Gasteiger charge is -2.37. The highest BCUT2D eigenvalue weighted by atomic mass is 16.5. The second kappa shape index (κ2) is 6.44. The van der Waals surface area contributed by atoms with E-state index in [0.29, 0.717) is 13.0 Å². The molecule has 4 heteroatoms. The average molecular weight is 328 g/mol. The Morgan fingerprint density at radius 1 is 1.38 bits per heavy atom. The van der Waals surface area contributed by atoms with Crippen molar-refractivity contribution in [3.8, 4) is 5.75 Å². The molecule has 3 rings (SSSR count). The number of esters is 1. The molecule has 4 nitrogen and oxygen atoms in total. The molecule has 128 valence electrons. The number of aliphatic hydroxyl groups is 1. The van der Waals surface area contributed by atoms with E-state index in [0.717, 1.165) is 40.9 Å². The maximum absolute atomic E-state index is 11.9. The quantitative estimate of drug-likeness (QED) is 0.862. The van der Waals surface area contributed by atoms with Gasteiger partial charge in [-0.1, -0.05) is 26.0 Å². The van der Waals surface area contributed by atoms with Crippen LogP contribution in [0.5, 0.6) is 5.75 Å². The number of hydrogen-bond donors (Lipinski definition) is 1. The molecule has 1 heterocycles. The van der Waals surface area contributed by atoms with Crippen molar-refractivity contribution in [2.75, 3.05) is 13.7 Å². The van der Waals surface area contributed by atoms with Crippen molar-refractivity contribution in [1.29, 1.82) is 0 Å². The first kappa shape index (κ1) is 16.8. The molecule has 1 aromatic rings. The molecular formula is C20H24O4. The molecular weight excluding hydrogens is 304 g/mol. The van der Waals surface area contributed by atoms with Gasteiger partial charge in [0.15, 0.2) is 6.10 Å². The van der Waals surface area contributed by atoms with E-state index in [1.165, 1.54) is 7.11 Å². The third-order valence-corrected chi connectivity index (χ3v) is 4.93. The highest BCUT2D eigenvalue weighted by Crippen LogP contribution is 2.47. The van der Waals surface area contributed by atoms with E-state index in [9.17, 15) is 9.90 Å². The molecule has 1 aromatic carbocycles. The van der Waals surface area contributed by atoms with Crippen molar-refractivity contribution in [3.63, 3.8) is 0 Å². The number of carbonyl (C=O) groups is 1. The van der Waals surface area contributed by atoms with Gasteiger partial charge in [0.25, 0.3) is 0 Å². The summed E-state index contributed by atoms with van der Waals surface area (Å²) in [5.41, 5.74) is 3.77. The van der Waals surface area contributed by atoms with Crippen LogP contribution in [0.4, 0.5) is 0 Å². The number of aliphatic hydroxyl groups excluding tert-OH is 1. The van der Waals surface area contributed by atoms with Crippen molar-refractivity contribution < 1.29 is 19.4 Å². The van der Waals surface area contributed by atoms with Gasteiger partial charge in [-0.3, -0.25) is 0 Å². The topological polar surface area (TPSA) is 55.8 Å². The summed E-state index contributed by atoms with van der Waals surface area (Å²) in [7, 11) is 1.31. The Labute approximate surface area is 142 Å². The summed E-state index contributed by atoms with van der Waals surface area (Å²) in [6, 6.07) is 6.07. The van der Waals surface area contributed by atoms with Gasteiger partial charge in [-0.05, 0) is 59.6 Å². The largest absolute Gasteiger partial charge is 0.489 e. The van der Waals surface area contributed by atoms with E-state index in [-0.39, 0.29) is 5.41 Å². The van der Waals surface area contributed by atoms with Gasteiger partial charge in [-0.25, -0.2) is 4.79 Å². The minimum Gasteiger partial charge on any atom is -0.489 e. The number of benzene rings is 1. The van der Waals surface area contributed by atoms with Crippen LogP contribution in [-0.4, -0.2) is 30.9 Å². The first-order valence-corrected chi connectivity index (χ1v) is 8.37. The second-order valence-electron chi connectivity index (χ2n) is 7.03. The van der Waals surface area contributed by atoms with Gasteiger partial charge in [0, 0.05) is 5.56 Å². The molecule has 2 aliphatic rings. The summed E-state index contributed by atoms with van der Waals surface area (Å²) in [5.74, 6) is 0.270. The molecule has 0 saturated carbocycles. The average Bonchev–Trinajstić information content (AvgIpc) is 2.59. The Balaban J connectivity index is 2.13. The Kier molecular flexibility index (Phi) is 4.50. The maximum Gasteiger partial charge on any atom is 0.339 e. The van der Waals surface area contributed by atoms with Crippen LogP contribution in [0.15, 0.2) is 29.8 Å². The zero-order valence-electron chi connectivity index (χ0n) is 14.5. The summed E-state index contributed by atoms with van der Waals surface area (Å²) < 4.78 is 10.4. The van der Waals surface area contributed by atoms with Crippen LogP contribution >= 0.6 is 0 Å². The molecule has 1 aliphatic carbocycles. The third kappa shape index (κ3) is 2.98. The molecule has 0 bridgehead atoms. The van der Waals surface area contributed by atoms with Gasteiger partial charge in [0.05, 0.1) is 7.11 Å². The Hall–Kier alpha value is -2.07. The summed E-state index contributed by atoms with van der Waals surface area (Å²) in [5, 5.41) is 10.5. The van der Waals surface area contributed by atoms with E-state index < -0.39 is 12.1 Å². The van der Waals surface area contributed by atoms with E-state index in [1.54, 1.807) is 0 Å². The SMILES string of the molecule is COC(=O)C(O)C1=C(c2ccc3c(c2)C=CCO3)C(C)(C)CCC1. The van der Waals surface area contributed by atoms with E-state index in [2.05, 4.69) is 26.0 Å². The minimum atomic E-state index is -1.20. The highest BCUT2D eigenvalue weighted by molar-refractivity contribution is 5.85. The molecule has 0 fully saturated rings. The lowest BCUT2D eigenvalue weighted by atomic mass is 9.68. The predicted octanol–water partition coefficient (Wildman–Crippen LogP) is 3.59. The number of ether oxygens (including phenoxy) is 2. The zero-order valence-corrected chi connectivity index (χ0v) is 14.5. The maximum atomic E-state index is 11.9. The van der Waals surface area contributed by atoms with Gasteiger partial charge in [-0.2, -0.15) is 0 Å². The lowest BCUT2D eigenvalue weighted by Crippen LogP contribution is -2.30. The first-order valence-electron chi connectivity index (χ1n) is 8.37. The molecule has 0 aromatic heterocycles. The Morgan fingerprint density at radius 2 is 2.17 bits per heavy atom. The van der Waals surface area contributed by atoms with Gasteiger partial charge < -0.3 is 14.6 Å². The smallest absolute Gasteiger partial charge is 0.339 e. The molecule has 1 unspecified atom stereocenters. The van der Waals surface area contributed by atoms with Crippen molar-refractivity contribution in [1.82, 2.24) is 0 Å². The van der Waals surface area contributed by atoms with E-state index in [4.69, 9.17) is 9.47 Å². The number of methoxy groups -OCH3 is 1. The van der Waals surface area contributed by atoms with Crippen LogP contribution in [0.1, 0.15) is 44.2 Å². The summed E-state index contributed by atoms with van der Waals surface area (Å²) in [4.78, 5) is 11.9. The lowest BCUT2D eigenvalue weighted by molar-refractivity contribution is -0.148. The first-order chi connectivity index (χ1) is 11.4. The fraction of sp³-hybridized carbons (Fsp3) is 0.450. The molecule has 1 atom stereocenters. The number of hydrogen-bond acceptors (Lipinski definition) is 4. The normalized spacial score (nSPS) is 20.2. The van der Waals surface area contributed by atoms with Gasteiger partial charge in [-0.15, -0.1) is 0 Å². The number of rotatable bonds is 3. The number of carbonyl (C=O) groups excluding carboxylic acids is 1. The fourth-order valence-corrected chi connectivity index (χ4v) is 3.79. The summed E-state index contributed by atoms with van der Waals surface area (Å²) in [6.07, 6.45) is 5.51. The molecule has 1 N–H and O–H groups in total. The molecule has 0 saturated heterocycles. The van der Waals surface area contributed by atoms with E-state index in [1.807, 2.05) is 18.2 Å². The fourth-order valence-electron chi connectivity index (χ4n) is 3.79. The Morgan fingerprint density at radius 3 is 2.92 bits per heavy atom. The van der Waals surface area contributed by atoms with Crippen LogP contribution in [0.2, 0.25) is 0 Å². The van der Waals surface area contributed by atoms with Crippen LogP contribution in [0.3, 0.4) is 0 Å². The number of allylic oxidation sites excluding steroid dienone is 1. The number of fused-ring (bicyclic) bond motifs is 1. The summed E-state index contributed by atoms with van der Waals surface area (Å²) >= 11 is 0. The van der Waals surface area contributed by atoms with Gasteiger partial charge in [0.2, 0.25) is 0 Å². The Bertz CT molecular complexity index is 712. The van der Waals surface area contributed by atoms with Crippen LogP contribution < -0.4 is 4.74 Å². The van der Waals surface area contributed by atoms with Gasteiger partial charge in [0.1, 0.15) is 12.4 Å². The van der Waals surface area contributed by atoms with Crippen LogP contribution in [0, 0.1) is 5.41 Å². The van der Waals surface area contributed by atoms with Crippen LogP contribution in [0.25, 0.3) is 11.6 Å². The third-order valence-electron chi connectivity index (χ3n) is 4.93. The molecule has 24 heavy (non-hydrogen) atoms. The second-order valence-corrected chi connectivity index (χ2v) is 7.03. The predicted molar refractivity (Wildman–Crippen MR) is 93.5 cm³/mol.